The van der Waals surface area contributed by atoms with Gasteiger partial charge in [-0.2, -0.15) is 17.6 Å². The zero-order valence-electron chi connectivity index (χ0n) is 12.2. The van der Waals surface area contributed by atoms with E-state index >= 15 is 0 Å². The Balaban J connectivity index is 5.51. The molecule has 0 saturated heterocycles. The Bertz CT molecular complexity index is 363. The Kier molecular flexibility index (Phi) is 6.83. The van der Waals surface area contributed by atoms with E-state index in [1.54, 1.807) is 0 Å². The molecule has 22 heavy (non-hydrogen) atoms. The lowest BCUT2D eigenvalue weighted by molar-refractivity contribution is -0.287. The van der Waals surface area contributed by atoms with Crippen LogP contribution in [0.5, 0.6) is 0 Å². The maximum absolute atomic E-state index is 13.8. The molecule has 0 amide bonds. The van der Waals surface area contributed by atoms with Gasteiger partial charge in [0.05, 0.1) is 5.60 Å². The molecule has 134 valence electrons. The highest BCUT2D eigenvalue weighted by molar-refractivity contribution is 5.98. The first kappa shape index (κ1) is 21.5. The SMILES string of the molecule is CC(C(F)C(F)(F)C(F)(F)C(F)C(F)C(F)F)C(C)(C)O[SiH3]. The Morgan fingerprint density at radius 2 is 1.18 bits per heavy atom. The molecule has 0 aliphatic carbocycles. The summed E-state index contributed by atoms with van der Waals surface area (Å²) in [6.07, 6.45) is -16.6. The fraction of sp³-hybridized carbons (Fsp3) is 1.00. The van der Waals surface area contributed by atoms with E-state index in [-0.39, 0.29) is 10.5 Å². The number of alkyl halides is 9. The van der Waals surface area contributed by atoms with E-state index in [4.69, 9.17) is 4.43 Å². The van der Waals surface area contributed by atoms with Crippen LogP contribution in [0.25, 0.3) is 0 Å². The van der Waals surface area contributed by atoms with Crippen molar-refractivity contribution in [3.05, 3.63) is 0 Å². The fourth-order valence-electron chi connectivity index (χ4n) is 1.55. The molecule has 4 unspecified atom stereocenters. The van der Waals surface area contributed by atoms with Crippen LogP contribution in [0, 0.1) is 5.92 Å². The van der Waals surface area contributed by atoms with Crippen molar-refractivity contribution >= 4 is 10.5 Å². The lowest BCUT2D eigenvalue weighted by Gasteiger charge is -2.39. The summed E-state index contributed by atoms with van der Waals surface area (Å²) in [4.78, 5) is 0. The molecule has 0 aliphatic heterocycles. The Labute approximate surface area is 124 Å². The monoisotopic (exact) mass is 364 g/mol. The molecular weight excluding hydrogens is 347 g/mol. The molecule has 1 nitrogen and oxygen atoms in total. The molecular formula is C11H17F9OSi. The molecule has 0 bridgehead atoms. The maximum atomic E-state index is 13.8. The second kappa shape index (κ2) is 6.98. The van der Waals surface area contributed by atoms with Crippen LogP contribution in [0.15, 0.2) is 0 Å². The van der Waals surface area contributed by atoms with Crippen molar-refractivity contribution < 1.29 is 43.9 Å². The molecule has 0 aromatic carbocycles. The predicted octanol–water partition coefficient (Wildman–Crippen LogP) is 3.25. The molecule has 0 aliphatic rings. The molecule has 11 heteroatoms. The average molecular weight is 364 g/mol. The van der Waals surface area contributed by atoms with E-state index < -0.39 is 48.3 Å². The van der Waals surface area contributed by atoms with Gasteiger partial charge in [-0.3, -0.25) is 0 Å². The molecule has 0 N–H and O–H groups in total. The zero-order valence-corrected chi connectivity index (χ0v) is 14.2. The smallest absolute Gasteiger partial charge is 0.346 e. The van der Waals surface area contributed by atoms with Gasteiger partial charge in [-0.05, 0) is 13.8 Å². The third kappa shape index (κ3) is 3.90. The van der Waals surface area contributed by atoms with E-state index in [1.165, 1.54) is 0 Å². The number of rotatable bonds is 8. The first-order chi connectivity index (χ1) is 9.64. The number of halogens is 9. The van der Waals surface area contributed by atoms with Crippen molar-refractivity contribution in [3.8, 4) is 0 Å². The van der Waals surface area contributed by atoms with E-state index in [2.05, 4.69) is 0 Å². The molecule has 0 fully saturated rings. The molecule has 0 radical (unpaired) electrons. The molecule has 4 atom stereocenters. The second-order valence-corrected chi connectivity index (χ2v) is 5.83. The summed E-state index contributed by atoms with van der Waals surface area (Å²) in [7, 11) is -0.0239. The second-order valence-electron chi connectivity index (χ2n) is 5.42. The molecule has 0 saturated carbocycles. The highest BCUT2D eigenvalue weighted by Gasteiger charge is 2.70. The van der Waals surface area contributed by atoms with Crippen molar-refractivity contribution in [1.29, 1.82) is 0 Å². The summed E-state index contributed by atoms with van der Waals surface area (Å²) in [5, 5.41) is 0. The van der Waals surface area contributed by atoms with Crippen molar-refractivity contribution in [2.24, 2.45) is 5.92 Å². The van der Waals surface area contributed by atoms with Crippen LogP contribution in [0.2, 0.25) is 0 Å². The number of hydrogen-bond acceptors (Lipinski definition) is 1. The minimum absolute atomic E-state index is 0.0239. The molecule has 0 rings (SSSR count). The summed E-state index contributed by atoms with van der Waals surface area (Å²) in [6.45, 7) is 3.12. The topological polar surface area (TPSA) is 9.23 Å². The van der Waals surface area contributed by atoms with E-state index in [9.17, 15) is 39.5 Å². The van der Waals surface area contributed by atoms with Crippen LogP contribution in [0.1, 0.15) is 20.8 Å². The van der Waals surface area contributed by atoms with Gasteiger partial charge in [0.15, 0.2) is 12.3 Å². The summed E-state index contributed by atoms with van der Waals surface area (Å²) in [5.41, 5.74) is -1.57. The van der Waals surface area contributed by atoms with Gasteiger partial charge < -0.3 is 4.43 Å². The minimum Gasteiger partial charge on any atom is -0.423 e. The van der Waals surface area contributed by atoms with Gasteiger partial charge in [-0.25, -0.2) is 22.0 Å². The van der Waals surface area contributed by atoms with Crippen molar-refractivity contribution in [1.82, 2.24) is 0 Å². The molecule has 0 aromatic heterocycles. The van der Waals surface area contributed by atoms with Gasteiger partial charge in [0.25, 0.3) is 6.43 Å². The lowest BCUT2D eigenvalue weighted by Crippen LogP contribution is -2.60. The van der Waals surface area contributed by atoms with Gasteiger partial charge in [0.2, 0.25) is 6.17 Å². The van der Waals surface area contributed by atoms with Crippen molar-refractivity contribution in [2.45, 2.75) is 63.2 Å². The fourth-order valence-corrected chi connectivity index (χ4v) is 1.92. The van der Waals surface area contributed by atoms with Gasteiger partial charge in [0, 0.05) is 5.92 Å². The number of hydrogen-bond donors (Lipinski definition) is 0. The van der Waals surface area contributed by atoms with Crippen LogP contribution < -0.4 is 0 Å². The molecule has 0 heterocycles. The van der Waals surface area contributed by atoms with Crippen LogP contribution >= 0.6 is 0 Å². The minimum atomic E-state index is -5.95. The highest BCUT2D eigenvalue weighted by atomic mass is 28.2. The highest BCUT2D eigenvalue weighted by Crippen LogP contribution is 2.47. The standard InChI is InChI=1S/C11H17F9OSi/c1-4(9(2,3)21-22)6(13)10(17,18)11(19,20)7(14)5(12)8(15)16/h4-8H,1-3,22H3. The largest absolute Gasteiger partial charge is 0.423 e. The molecule has 0 spiro atoms. The van der Waals surface area contributed by atoms with Crippen molar-refractivity contribution in [2.75, 3.05) is 0 Å². The Morgan fingerprint density at radius 1 is 0.818 bits per heavy atom. The van der Waals surface area contributed by atoms with Gasteiger partial charge in [0.1, 0.15) is 10.5 Å². The average Bonchev–Trinajstić information content (AvgIpc) is 2.43. The van der Waals surface area contributed by atoms with E-state index in [1.807, 2.05) is 0 Å². The van der Waals surface area contributed by atoms with Gasteiger partial charge in [-0.15, -0.1) is 0 Å². The summed E-state index contributed by atoms with van der Waals surface area (Å²) < 4.78 is 122. The van der Waals surface area contributed by atoms with Crippen molar-refractivity contribution in [3.63, 3.8) is 0 Å². The van der Waals surface area contributed by atoms with Gasteiger partial charge in [-0.1, -0.05) is 6.92 Å². The normalized spacial score (nSPS) is 20.0. The van der Waals surface area contributed by atoms with Crippen LogP contribution in [-0.4, -0.2) is 52.9 Å². The summed E-state index contributed by atoms with van der Waals surface area (Å²) in [6, 6.07) is 0. The zero-order chi connectivity index (χ0) is 18.1. The summed E-state index contributed by atoms with van der Waals surface area (Å²) >= 11 is 0. The quantitative estimate of drug-likeness (QED) is 0.475. The Hall–Kier alpha value is -0.453. The predicted molar refractivity (Wildman–Crippen MR) is 64.9 cm³/mol. The summed E-state index contributed by atoms with van der Waals surface area (Å²) in [5.74, 6) is -13.5. The lowest BCUT2D eigenvalue weighted by atomic mass is 9.83. The van der Waals surface area contributed by atoms with Crippen LogP contribution in [-0.2, 0) is 4.43 Å². The molecule has 0 aromatic rings. The van der Waals surface area contributed by atoms with Gasteiger partial charge >= 0.3 is 11.8 Å². The first-order valence-corrected chi connectivity index (χ1v) is 6.97. The first-order valence-electron chi connectivity index (χ1n) is 6.15. The maximum Gasteiger partial charge on any atom is 0.346 e. The van der Waals surface area contributed by atoms with Crippen LogP contribution in [0.4, 0.5) is 39.5 Å². The van der Waals surface area contributed by atoms with E-state index in [0.717, 1.165) is 20.8 Å². The Morgan fingerprint density at radius 3 is 1.50 bits per heavy atom. The van der Waals surface area contributed by atoms with E-state index in [0.29, 0.717) is 0 Å². The third-order valence-corrected chi connectivity index (χ3v) is 4.77. The van der Waals surface area contributed by atoms with Crippen LogP contribution in [0.3, 0.4) is 0 Å². The third-order valence-electron chi connectivity index (χ3n) is 3.72.